The van der Waals surface area contributed by atoms with Gasteiger partial charge >= 0.3 is 0 Å². The van der Waals surface area contributed by atoms with Crippen LogP contribution in [0.1, 0.15) is 53.7 Å². The molecule has 2 fully saturated rings. The summed E-state index contributed by atoms with van der Waals surface area (Å²) in [6.45, 7) is 3.36. The predicted molar refractivity (Wildman–Crippen MR) is 98.0 cm³/mol. The molecule has 1 saturated heterocycles. The minimum Gasteiger partial charge on any atom is -0.459 e. The molecule has 0 radical (unpaired) electrons. The number of nitrogens with two attached hydrogens (primary N) is 1. The maximum Gasteiger partial charge on any atom is 0.289 e. The molecule has 138 valence electrons. The summed E-state index contributed by atoms with van der Waals surface area (Å²) < 4.78 is 5.21. The molecule has 2 aromatic rings. The lowest BCUT2D eigenvalue weighted by Crippen LogP contribution is -2.42. The molecule has 26 heavy (non-hydrogen) atoms. The van der Waals surface area contributed by atoms with Crippen LogP contribution in [0, 0.1) is 6.92 Å². The zero-order chi connectivity index (χ0) is 18.1. The van der Waals surface area contributed by atoms with Crippen molar-refractivity contribution in [2.24, 2.45) is 5.73 Å². The van der Waals surface area contributed by atoms with Crippen LogP contribution in [0.15, 0.2) is 28.9 Å². The van der Waals surface area contributed by atoms with Gasteiger partial charge in [-0.1, -0.05) is 0 Å². The largest absolute Gasteiger partial charge is 0.459 e. The van der Waals surface area contributed by atoms with Crippen LogP contribution in [0.2, 0.25) is 0 Å². The van der Waals surface area contributed by atoms with E-state index in [9.17, 15) is 4.79 Å². The quantitative estimate of drug-likeness (QED) is 0.873. The molecule has 1 amide bonds. The normalized spacial score (nSPS) is 23.5. The van der Waals surface area contributed by atoms with Crippen molar-refractivity contribution in [3.63, 3.8) is 0 Å². The van der Waals surface area contributed by atoms with Crippen LogP contribution in [0.25, 0.3) is 0 Å². The molecule has 0 spiro atoms. The molecule has 4 rings (SSSR count). The summed E-state index contributed by atoms with van der Waals surface area (Å²) in [6.07, 6.45) is 5.32. The fourth-order valence-electron chi connectivity index (χ4n) is 3.77. The molecule has 3 heterocycles. The first-order valence-corrected chi connectivity index (χ1v) is 9.29. The van der Waals surface area contributed by atoms with Gasteiger partial charge in [-0.2, -0.15) is 0 Å². The van der Waals surface area contributed by atoms with Crippen molar-refractivity contribution in [2.75, 3.05) is 18.4 Å². The van der Waals surface area contributed by atoms with Crippen LogP contribution in [-0.4, -0.2) is 45.9 Å². The second kappa shape index (κ2) is 7.07. The third kappa shape index (κ3) is 3.58. The summed E-state index contributed by atoms with van der Waals surface area (Å²) in [4.78, 5) is 23.3. The number of hydrogen-bond donors (Lipinski definition) is 2. The lowest BCUT2D eigenvalue weighted by Gasteiger charge is -2.33. The zero-order valence-electron chi connectivity index (χ0n) is 15.0. The Morgan fingerprint density at radius 3 is 2.73 bits per heavy atom. The van der Waals surface area contributed by atoms with Crippen LogP contribution in [-0.2, 0) is 0 Å². The van der Waals surface area contributed by atoms with Crippen LogP contribution in [0.5, 0.6) is 0 Å². The maximum absolute atomic E-state index is 12.3. The molecule has 1 aliphatic carbocycles. The number of rotatable bonds is 4. The number of piperidine rings is 1. The Morgan fingerprint density at radius 2 is 2.08 bits per heavy atom. The number of furan rings is 1. The van der Waals surface area contributed by atoms with Gasteiger partial charge < -0.3 is 20.4 Å². The Morgan fingerprint density at radius 1 is 1.31 bits per heavy atom. The Kier molecular flexibility index (Phi) is 4.63. The van der Waals surface area contributed by atoms with Crippen molar-refractivity contribution in [2.45, 2.75) is 50.6 Å². The summed E-state index contributed by atoms with van der Waals surface area (Å²) in [6, 6.07) is 6.13. The van der Waals surface area contributed by atoms with Crippen LogP contribution >= 0.6 is 0 Å². The molecular weight excluding hydrogens is 330 g/mol. The first-order chi connectivity index (χ1) is 12.6. The molecule has 3 N–H and O–H groups in total. The molecule has 2 aromatic heterocycles. The molecule has 1 aliphatic heterocycles. The van der Waals surface area contributed by atoms with Crippen molar-refractivity contribution in [3.05, 3.63) is 41.7 Å². The molecule has 0 bridgehead atoms. The highest BCUT2D eigenvalue weighted by atomic mass is 16.3. The van der Waals surface area contributed by atoms with Gasteiger partial charge in [-0.3, -0.25) is 4.79 Å². The highest BCUT2D eigenvalue weighted by Crippen LogP contribution is 2.35. The van der Waals surface area contributed by atoms with Crippen molar-refractivity contribution in [1.29, 1.82) is 0 Å². The minimum absolute atomic E-state index is 0.0325. The topological polar surface area (TPSA) is 97.3 Å². The van der Waals surface area contributed by atoms with E-state index in [0.717, 1.165) is 43.0 Å². The number of likely N-dealkylation sites (tertiary alicyclic amines) is 1. The standard InChI is InChI=1S/C19H25N5O2/c1-12-21-16(13-9-14(20)10-13)11-18(22-12)23-15-4-6-24(7-5-15)19(25)17-3-2-8-26-17/h2-3,8,11,13-15H,4-7,9-10,20H2,1H3,(H,21,22,23). The Hall–Kier alpha value is -2.41. The molecule has 1 saturated carbocycles. The number of amides is 1. The molecule has 7 heteroatoms. The lowest BCUT2D eigenvalue weighted by atomic mass is 9.78. The van der Waals surface area contributed by atoms with Crippen LogP contribution < -0.4 is 11.1 Å². The summed E-state index contributed by atoms with van der Waals surface area (Å²) in [5.74, 6) is 2.50. The number of nitrogens with zero attached hydrogens (tertiary/aromatic N) is 3. The Bertz CT molecular complexity index is 762. The Balaban J connectivity index is 1.35. The van der Waals surface area contributed by atoms with Gasteiger partial charge in [0.15, 0.2) is 5.76 Å². The predicted octanol–water partition coefficient (Wildman–Crippen LogP) is 2.30. The number of aromatic nitrogens is 2. The summed E-state index contributed by atoms with van der Waals surface area (Å²) in [7, 11) is 0. The summed E-state index contributed by atoms with van der Waals surface area (Å²) >= 11 is 0. The number of carbonyl (C=O) groups excluding carboxylic acids is 1. The van der Waals surface area contributed by atoms with E-state index in [1.165, 1.54) is 6.26 Å². The third-order valence-corrected chi connectivity index (χ3v) is 5.32. The average Bonchev–Trinajstić information content (AvgIpc) is 3.13. The van der Waals surface area contributed by atoms with Crippen molar-refractivity contribution in [1.82, 2.24) is 14.9 Å². The van der Waals surface area contributed by atoms with Crippen molar-refractivity contribution in [3.8, 4) is 0 Å². The first-order valence-electron chi connectivity index (χ1n) is 9.29. The number of hydrogen-bond acceptors (Lipinski definition) is 6. The summed E-state index contributed by atoms with van der Waals surface area (Å²) in [5.41, 5.74) is 7.00. The van der Waals surface area contributed by atoms with Gasteiger partial charge in [-0.05, 0) is 44.7 Å². The van der Waals surface area contributed by atoms with E-state index in [1.807, 2.05) is 11.8 Å². The minimum atomic E-state index is -0.0325. The average molecular weight is 355 g/mol. The molecule has 0 aromatic carbocycles. The maximum atomic E-state index is 12.3. The molecule has 0 unspecified atom stereocenters. The van der Waals surface area contributed by atoms with E-state index in [1.54, 1.807) is 12.1 Å². The fourth-order valence-corrected chi connectivity index (χ4v) is 3.77. The highest BCUT2D eigenvalue weighted by molar-refractivity contribution is 5.91. The number of carbonyl (C=O) groups is 1. The van der Waals surface area contributed by atoms with Crippen molar-refractivity contribution < 1.29 is 9.21 Å². The van der Waals surface area contributed by atoms with Gasteiger partial charge in [-0.15, -0.1) is 0 Å². The van der Waals surface area contributed by atoms with E-state index < -0.39 is 0 Å². The smallest absolute Gasteiger partial charge is 0.289 e. The second-order valence-electron chi connectivity index (χ2n) is 7.34. The van der Waals surface area contributed by atoms with E-state index in [4.69, 9.17) is 10.2 Å². The number of nitrogens with one attached hydrogen (secondary N) is 1. The van der Waals surface area contributed by atoms with E-state index >= 15 is 0 Å². The lowest BCUT2D eigenvalue weighted by molar-refractivity contribution is 0.0686. The highest BCUT2D eigenvalue weighted by Gasteiger charge is 2.29. The van der Waals surface area contributed by atoms with Crippen molar-refractivity contribution >= 4 is 11.7 Å². The third-order valence-electron chi connectivity index (χ3n) is 5.32. The van der Waals surface area contributed by atoms with Gasteiger partial charge in [0.2, 0.25) is 0 Å². The van der Waals surface area contributed by atoms with E-state index in [-0.39, 0.29) is 5.91 Å². The zero-order valence-corrected chi connectivity index (χ0v) is 15.0. The van der Waals surface area contributed by atoms with Gasteiger partial charge in [-0.25, -0.2) is 9.97 Å². The van der Waals surface area contributed by atoms with Crippen LogP contribution in [0.4, 0.5) is 5.82 Å². The van der Waals surface area contributed by atoms with Crippen LogP contribution in [0.3, 0.4) is 0 Å². The number of anilines is 1. The first kappa shape index (κ1) is 17.0. The summed E-state index contributed by atoms with van der Waals surface area (Å²) in [5, 5.41) is 3.53. The number of aryl methyl sites for hydroxylation is 1. The monoisotopic (exact) mass is 355 g/mol. The SMILES string of the molecule is Cc1nc(NC2CCN(C(=O)c3ccco3)CC2)cc(C2CC(N)C2)n1. The van der Waals surface area contributed by atoms with E-state index in [0.29, 0.717) is 36.9 Å². The van der Waals surface area contributed by atoms with E-state index in [2.05, 4.69) is 21.4 Å². The molecule has 7 nitrogen and oxygen atoms in total. The molecule has 0 atom stereocenters. The van der Waals surface area contributed by atoms with Gasteiger partial charge in [0.05, 0.1) is 6.26 Å². The molecular formula is C19H25N5O2. The van der Waals surface area contributed by atoms with Gasteiger partial charge in [0, 0.05) is 42.9 Å². The molecule has 2 aliphatic rings. The second-order valence-corrected chi connectivity index (χ2v) is 7.34. The van der Waals surface area contributed by atoms with Gasteiger partial charge in [0.1, 0.15) is 11.6 Å². The Labute approximate surface area is 153 Å². The van der Waals surface area contributed by atoms with Gasteiger partial charge in [0.25, 0.3) is 5.91 Å². The fraction of sp³-hybridized carbons (Fsp3) is 0.526.